The fourth-order valence-electron chi connectivity index (χ4n) is 2.43. The van der Waals surface area contributed by atoms with Crippen LogP contribution in [0.25, 0.3) is 0 Å². The summed E-state index contributed by atoms with van der Waals surface area (Å²) in [6, 6.07) is 8.04. The lowest BCUT2D eigenvalue weighted by Gasteiger charge is -2.19. The van der Waals surface area contributed by atoms with Crippen LogP contribution in [0.1, 0.15) is 25.7 Å². The minimum absolute atomic E-state index is 0.0945. The molecule has 1 aliphatic rings. The Balaban J connectivity index is 1.86. The smallest absolute Gasteiger partial charge is 0.240 e. The highest BCUT2D eigenvalue weighted by Gasteiger charge is 2.17. The van der Waals surface area contributed by atoms with E-state index >= 15 is 0 Å². The maximum absolute atomic E-state index is 12.1. The first-order valence-corrected chi connectivity index (χ1v) is 6.84. The zero-order valence-electron chi connectivity index (χ0n) is 11.7. The first kappa shape index (κ1) is 13.9. The number of carbonyl (C=O) groups excluding carboxylic acids is 1. The highest BCUT2D eigenvalue weighted by molar-refractivity contribution is 5.94. The Kier molecular flexibility index (Phi) is 4.80. The van der Waals surface area contributed by atoms with Crippen LogP contribution < -0.4 is 15.0 Å². The van der Waals surface area contributed by atoms with Crippen LogP contribution in [-0.4, -0.2) is 32.7 Å². The molecule has 0 saturated heterocycles. The van der Waals surface area contributed by atoms with Gasteiger partial charge in [0.1, 0.15) is 5.75 Å². The summed E-state index contributed by atoms with van der Waals surface area (Å²) in [4.78, 5) is 13.8. The van der Waals surface area contributed by atoms with Crippen LogP contribution in [0.4, 0.5) is 5.69 Å². The number of rotatable bonds is 5. The normalized spacial score (nSPS) is 15.5. The summed E-state index contributed by atoms with van der Waals surface area (Å²) in [7, 11) is 3.44. The number of benzene rings is 1. The number of hydrogen-bond acceptors (Lipinski definition) is 3. The van der Waals surface area contributed by atoms with Crippen LogP contribution in [0.15, 0.2) is 24.3 Å². The van der Waals surface area contributed by atoms with Crippen LogP contribution in [0, 0.1) is 0 Å². The van der Waals surface area contributed by atoms with E-state index < -0.39 is 0 Å². The minimum atomic E-state index is 0.0945. The number of anilines is 1. The van der Waals surface area contributed by atoms with E-state index in [1.54, 1.807) is 19.1 Å². The van der Waals surface area contributed by atoms with E-state index in [2.05, 4.69) is 5.32 Å². The number of nitrogens with one attached hydrogen (secondary N) is 1. The first-order valence-electron chi connectivity index (χ1n) is 6.84. The van der Waals surface area contributed by atoms with Gasteiger partial charge in [-0.15, -0.1) is 0 Å². The Bertz CT molecular complexity index is 411. The van der Waals surface area contributed by atoms with Crippen molar-refractivity contribution in [2.75, 3.05) is 25.6 Å². The van der Waals surface area contributed by atoms with Crippen molar-refractivity contribution < 1.29 is 9.53 Å². The van der Waals surface area contributed by atoms with Gasteiger partial charge >= 0.3 is 0 Å². The Morgan fingerprint density at radius 2 is 1.95 bits per heavy atom. The Labute approximate surface area is 114 Å². The lowest BCUT2D eigenvalue weighted by Crippen LogP contribution is -2.39. The average Bonchev–Trinajstić information content (AvgIpc) is 2.97. The van der Waals surface area contributed by atoms with Crippen molar-refractivity contribution in [1.29, 1.82) is 0 Å². The van der Waals surface area contributed by atoms with Crippen molar-refractivity contribution in [2.24, 2.45) is 0 Å². The van der Waals surface area contributed by atoms with Crippen LogP contribution in [-0.2, 0) is 4.79 Å². The van der Waals surface area contributed by atoms with Gasteiger partial charge in [-0.2, -0.15) is 0 Å². The van der Waals surface area contributed by atoms with E-state index in [1.807, 2.05) is 24.3 Å². The summed E-state index contributed by atoms with van der Waals surface area (Å²) in [5, 5.41) is 3.34. The fourth-order valence-corrected chi connectivity index (χ4v) is 2.43. The Morgan fingerprint density at radius 3 is 2.53 bits per heavy atom. The molecular weight excluding hydrogens is 240 g/mol. The summed E-state index contributed by atoms with van der Waals surface area (Å²) < 4.78 is 5.11. The van der Waals surface area contributed by atoms with Crippen molar-refractivity contribution in [3.05, 3.63) is 24.3 Å². The van der Waals surface area contributed by atoms with Gasteiger partial charge in [-0.25, -0.2) is 0 Å². The molecule has 1 fully saturated rings. The van der Waals surface area contributed by atoms with E-state index in [-0.39, 0.29) is 5.91 Å². The molecular formula is C15H22N2O2. The van der Waals surface area contributed by atoms with Gasteiger partial charge in [0.05, 0.1) is 13.7 Å². The van der Waals surface area contributed by atoms with Gasteiger partial charge in [-0.05, 0) is 37.1 Å². The molecule has 1 N–H and O–H groups in total. The number of methoxy groups -OCH3 is 1. The summed E-state index contributed by atoms with van der Waals surface area (Å²) in [5.41, 5.74) is 0.888. The van der Waals surface area contributed by atoms with Gasteiger partial charge in [0.15, 0.2) is 0 Å². The molecule has 1 aromatic rings. The fraction of sp³-hybridized carbons (Fsp3) is 0.533. The van der Waals surface area contributed by atoms with E-state index in [9.17, 15) is 4.79 Å². The lowest BCUT2D eigenvalue weighted by atomic mass is 10.2. The van der Waals surface area contributed by atoms with Gasteiger partial charge in [0.2, 0.25) is 5.91 Å². The molecule has 0 radical (unpaired) electrons. The van der Waals surface area contributed by atoms with Gasteiger partial charge in [0.25, 0.3) is 0 Å². The van der Waals surface area contributed by atoms with Crippen molar-refractivity contribution in [3.63, 3.8) is 0 Å². The molecule has 0 aromatic heterocycles. The second kappa shape index (κ2) is 6.57. The molecule has 0 atom stereocenters. The summed E-state index contributed by atoms with van der Waals surface area (Å²) >= 11 is 0. The molecule has 104 valence electrons. The predicted octanol–water partition coefficient (Wildman–Crippen LogP) is 2.19. The molecule has 4 nitrogen and oxygen atoms in total. The molecule has 0 aliphatic heterocycles. The Hall–Kier alpha value is -1.55. The van der Waals surface area contributed by atoms with Crippen LogP contribution in [0.2, 0.25) is 0 Å². The van der Waals surface area contributed by atoms with Gasteiger partial charge in [0, 0.05) is 18.8 Å². The van der Waals surface area contributed by atoms with E-state index in [0.29, 0.717) is 12.6 Å². The van der Waals surface area contributed by atoms with Crippen LogP contribution in [0.5, 0.6) is 5.75 Å². The van der Waals surface area contributed by atoms with Crippen molar-refractivity contribution in [2.45, 2.75) is 31.7 Å². The molecule has 0 bridgehead atoms. The van der Waals surface area contributed by atoms with E-state index in [4.69, 9.17) is 4.74 Å². The molecule has 1 saturated carbocycles. The van der Waals surface area contributed by atoms with Gasteiger partial charge in [-0.3, -0.25) is 4.79 Å². The van der Waals surface area contributed by atoms with E-state index in [1.165, 1.54) is 25.7 Å². The number of carbonyl (C=O) groups is 1. The second-order valence-corrected chi connectivity index (χ2v) is 5.01. The third-order valence-corrected chi connectivity index (χ3v) is 3.73. The number of ether oxygens (including phenoxy) is 1. The number of hydrogen-bond donors (Lipinski definition) is 1. The monoisotopic (exact) mass is 262 g/mol. The molecule has 4 heteroatoms. The second-order valence-electron chi connectivity index (χ2n) is 5.01. The minimum Gasteiger partial charge on any atom is -0.497 e. The SMILES string of the molecule is COc1ccc(N(C)C(=O)CNC2CCCC2)cc1. The van der Waals surface area contributed by atoms with Crippen molar-refractivity contribution >= 4 is 11.6 Å². The van der Waals surface area contributed by atoms with Crippen molar-refractivity contribution in [3.8, 4) is 5.75 Å². The zero-order valence-corrected chi connectivity index (χ0v) is 11.7. The third-order valence-electron chi connectivity index (χ3n) is 3.73. The Morgan fingerprint density at radius 1 is 1.32 bits per heavy atom. The topological polar surface area (TPSA) is 41.6 Å². The predicted molar refractivity (Wildman–Crippen MR) is 76.7 cm³/mol. The average molecular weight is 262 g/mol. The van der Waals surface area contributed by atoms with Crippen LogP contribution in [0.3, 0.4) is 0 Å². The molecule has 1 aromatic carbocycles. The van der Waals surface area contributed by atoms with Gasteiger partial charge in [-0.1, -0.05) is 12.8 Å². The van der Waals surface area contributed by atoms with E-state index in [0.717, 1.165) is 11.4 Å². The molecule has 19 heavy (non-hydrogen) atoms. The van der Waals surface area contributed by atoms with Gasteiger partial charge < -0.3 is 15.0 Å². The molecule has 0 unspecified atom stereocenters. The standard InChI is InChI=1S/C15H22N2O2/c1-17(13-7-9-14(19-2)10-8-13)15(18)11-16-12-5-3-4-6-12/h7-10,12,16H,3-6,11H2,1-2H3. The maximum Gasteiger partial charge on any atom is 0.240 e. The molecule has 1 aliphatic carbocycles. The number of amides is 1. The summed E-state index contributed by atoms with van der Waals surface area (Å²) in [5.74, 6) is 0.894. The van der Waals surface area contributed by atoms with Crippen LogP contribution >= 0.6 is 0 Å². The lowest BCUT2D eigenvalue weighted by molar-refractivity contribution is -0.117. The molecule has 0 heterocycles. The third kappa shape index (κ3) is 3.70. The highest BCUT2D eigenvalue weighted by atomic mass is 16.5. The number of likely N-dealkylation sites (N-methyl/N-ethyl adjacent to an activating group) is 1. The zero-order chi connectivity index (χ0) is 13.7. The van der Waals surface area contributed by atoms with Crippen molar-refractivity contribution in [1.82, 2.24) is 5.32 Å². The molecule has 0 spiro atoms. The molecule has 1 amide bonds. The first-order chi connectivity index (χ1) is 9.20. The number of nitrogens with zero attached hydrogens (tertiary/aromatic N) is 1. The largest absolute Gasteiger partial charge is 0.497 e. The maximum atomic E-state index is 12.1. The summed E-state index contributed by atoms with van der Waals surface area (Å²) in [6.45, 7) is 0.410. The highest BCUT2D eigenvalue weighted by Crippen LogP contribution is 2.19. The molecule has 2 rings (SSSR count). The summed E-state index contributed by atoms with van der Waals surface area (Å²) in [6.07, 6.45) is 4.94. The quantitative estimate of drug-likeness (QED) is 0.884.